The van der Waals surface area contributed by atoms with Crippen LogP contribution in [0.25, 0.3) is 0 Å². The number of rotatable bonds is 7. The summed E-state index contributed by atoms with van der Waals surface area (Å²) in [5, 5.41) is 21.7. The first kappa shape index (κ1) is 26.2. The number of carbonyl (C=O) groups is 2. The first-order chi connectivity index (χ1) is 12.8. The van der Waals surface area contributed by atoms with Crippen molar-refractivity contribution in [1.82, 2.24) is 5.32 Å². The molecular weight excluding hydrogens is 404 g/mol. The predicted molar refractivity (Wildman–Crippen MR) is 93.2 cm³/mol. The van der Waals surface area contributed by atoms with Gasteiger partial charge < -0.3 is 35.5 Å². The quantitative estimate of drug-likeness (QED) is 0.181. The van der Waals surface area contributed by atoms with E-state index in [1.807, 2.05) is 0 Å². The fraction of sp³-hybridized carbons (Fsp3) is 0.714. The highest BCUT2D eigenvalue weighted by atomic mass is 32.3. The lowest BCUT2D eigenvalue weighted by Crippen LogP contribution is -2.62. The van der Waals surface area contributed by atoms with Crippen LogP contribution in [0, 0.1) is 0 Å². The van der Waals surface area contributed by atoms with Crippen LogP contribution >= 0.6 is 0 Å². The SMILES string of the molecule is CCOC(=O)C1=C[C@H](N)[C@@H](NC(C)=O)[C@H]([C@H](OC)[C@H](O)CO)O1.O=S(=O)(O)O. The zero-order chi connectivity index (χ0) is 22.1. The molecule has 0 saturated heterocycles. The van der Waals surface area contributed by atoms with Gasteiger partial charge in [0.2, 0.25) is 11.7 Å². The van der Waals surface area contributed by atoms with Gasteiger partial charge in [-0.05, 0) is 13.0 Å². The average molecular weight is 430 g/mol. The van der Waals surface area contributed by atoms with Crippen LogP contribution in [0.4, 0.5) is 0 Å². The summed E-state index contributed by atoms with van der Waals surface area (Å²) in [4.78, 5) is 23.2. The van der Waals surface area contributed by atoms with E-state index in [-0.39, 0.29) is 18.3 Å². The second kappa shape index (κ2) is 11.9. The number of hydrogen-bond acceptors (Lipinski definition) is 10. The first-order valence-corrected chi connectivity index (χ1v) is 9.35. The van der Waals surface area contributed by atoms with Gasteiger partial charge in [0.05, 0.1) is 25.3 Å². The zero-order valence-electron chi connectivity index (χ0n) is 15.5. The molecule has 1 rings (SSSR count). The molecule has 13 nitrogen and oxygen atoms in total. The van der Waals surface area contributed by atoms with E-state index < -0.39 is 53.4 Å². The van der Waals surface area contributed by atoms with E-state index in [1.54, 1.807) is 6.92 Å². The predicted octanol–water partition coefficient (Wildman–Crippen LogP) is -2.62. The minimum Gasteiger partial charge on any atom is -0.478 e. The molecule has 0 unspecified atom stereocenters. The lowest BCUT2D eigenvalue weighted by atomic mass is 9.92. The van der Waals surface area contributed by atoms with Crippen molar-refractivity contribution in [2.75, 3.05) is 20.3 Å². The van der Waals surface area contributed by atoms with Crippen LogP contribution in [0.5, 0.6) is 0 Å². The Morgan fingerprint density at radius 2 is 1.93 bits per heavy atom. The van der Waals surface area contributed by atoms with Gasteiger partial charge in [-0.2, -0.15) is 8.42 Å². The summed E-state index contributed by atoms with van der Waals surface area (Å²) >= 11 is 0. The minimum absolute atomic E-state index is 0.127. The Labute approximate surface area is 162 Å². The van der Waals surface area contributed by atoms with Crippen molar-refractivity contribution >= 4 is 22.3 Å². The van der Waals surface area contributed by atoms with Gasteiger partial charge in [-0.1, -0.05) is 0 Å². The summed E-state index contributed by atoms with van der Waals surface area (Å²) in [6, 6.07) is -1.52. The fourth-order valence-corrected chi connectivity index (χ4v) is 2.37. The largest absolute Gasteiger partial charge is 0.478 e. The Bertz CT molecular complexity index is 644. The zero-order valence-corrected chi connectivity index (χ0v) is 16.3. The fourth-order valence-electron chi connectivity index (χ4n) is 2.37. The molecule has 14 heteroatoms. The molecule has 7 N–H and O–H groups in total. The van der Waals surface area contributed by atoms with Crippen molar-refractivity contribution in [1.29, 1.82) is 0 Å². The van der Waals surface area contributed by atoms with E-state index in [1.165, 1.54) is 20.1 Å². The van der Waals surface area contributed by atoms with Crippen LogP contribution in [0.1, 0.15) is 13.8 Å². The standard InChI is InChI=1S/C14H24N2O7.H2O4S/c1-4-22-14(20)10-5-8(15)11(16-7(2)18)13(23-10)12(21-3)9(19)6-17;1-5(2,3)4/h5,8-9,11-13,17,19H,4,6,15H2,1-3H3,(H,16,18);(H2,1,2,3,4)/t8-,9+,11+,12+,13+;/m0./s1. The highest BCUT2D eigenvalue weighted by Gasteiger charge is 2.43. The highest BCUT2D eigenvalue weighted by molar-refractivity contribution is 7.79. The molecule has 0 radical (unpaired) electrons. The van der Waals surface area contributed by atoms with E-state index in [4.69, 9.17) is 42.6 Å². The molecule has 1 aliphatic rings. The molecule has 0 saturated carbocycles. The van der Waals surface area contributed by atoms with E-state index in [0.717, 1.165) is 0 Å². The number of ether oxygens (including phenoxy) is 3. The highest BCUT2D eigenvalue weighted by Crippen LogP contribution is 2.24. The van der Waals surface area contributed by atoms with Gasteiger partial charge in [0, 0.05) is 14.0 Å². The van der Waals surface area contributed by atoms with E-state index in [0.29, 0.717) is 0 Å². The number of carbonyl (C=O) groups excluding carboxylic acids is 2. The number of nitrogens with one attached hydrogen (secondary N) is 1. The lowest BCUT2D eigenvalue weighted by molar-refractivity contribution is -0.153. The Kier molecular flexibility index (Phi) is 11.1. The number of hydrogen-bond donors (Lipinski definition) is 6. The topological polar surface area (TPSA) is 215 Å². The summed E-state index contributed by atoms with van der Waals surface area (Å²) in [6.07, 6.45) is -1.94. The average Bonchev–Trinajstić information content (AvgIpc) is 2.56. The number of amides is 1. The van der Waals surface area contributed by atoms with E-state index in [2.05, 4.69) is 5.32 Å². The molecule has 164 valence electrons. The molecule has 0 aromatic carbocycles. The van der Waals surface area contributed by atoms with E-state index in [9.17, 15) is 14.7 Å². The second-order valence-electron chi connectivity index (χ2n) is 5.54. The van der Waals surface area contributed by atoms with Gasteiger partial charge >= 0.3 is 16.4 Å². The third kappa shape index (κ3) is 9.41. The number of nitrogens with two attached hydrogens (primary N) is 1. The van der Waals surface area contributed by atoms with Crippen LogP contribution in [0.2, 0.25) is 0 Å². The Hall–Kier alpha value is -1.81. The summed E-state index contributed by atoms with van der Waals surface area (Å²) < 4.78 is 47.2. The van der Waals surface area contributed by atoms with Crippen molar-refractivity contribution in [3.05, 3.63) is 11.8 Å². The third-order valence-corrected chi connectivity index (χ3v) is 3.38. The molecule has 1 amide bonds. The molecule has 0 aliphatic carbocycles. The summed E-state index contributed by atoms with van der Waals surface area (Å²) in [5.74, 6) is -1.19. The van der Waals surface area contributed by atoms with Crippen molar-refractivity contribution < 1.29 is 51.5 Å². The van der Waals surface area contributed by atoms with Gasteiger partial charge in [-0.3, -0.25) is 13.9 Å². The van der Waals surface area contributed by atoms with Crippen LogP contribution in [-0.2, 0) is 34.2 Å². The van der Waals surface area contributed by atoms with E-state index >= 15 is 0 Å². The molecule has 0 bridgehead atoms. The second-order valence-corrected chi connectivity index (χ2v) is 6.43. The van der Waals surface area contributed by atoms with Crippen LogP contribution < -0.4 is 11.1 Å². The Morgan fingerprint density at radius 1 is 1.39 bits per heavy atom. The van der Waals surface area contributed by atoms with Crippen LogP contribution in [0.3, 0.4) is 0 Å². The molecule has 1 aliphatic heterocycles. The molecular formula is C14H26N2O11S. The normalized spacial score (nSPS) is 23.9. The molecule has 28 heavy (non-hydrogen) atoms. The van der Waals surface area contributed by atoms with Crippen molar-refractivity contribution in [3.63, 3.8) is 0 Å². The molecule has 0 aromatic rings. The van der Waals surface area contributed by atoms with Crippen molar-refractivity contribution in [2.24, 2.45) is 5.73 Å². The number of aliphatic hydroxyl groups is 2. The van der Waals surface area contributed by atoms with Crippen LogP contribution in [0.15, 0.2) is 11.8 Å². The van der Waals surface area contributed by atoms with Gasteiger partial charge in [-0.25, -0.2) is 4.79 Å². The Balaban J connectivity index is 0.00000129. The molecule has 0 fully saturated rings. The summed E-state index contributed by atoms with van der Waals surface area (Å²) in [6.45, 7) is 2.52. The molecule has 1 heterocycles. The molecule has 0 aromatic heterocycles. The smallest absolute Gasteiger partial charge is 0.394 e. The number of esters is 1. The van der Waals surface area contributed by atoms with Crippen molar-refractivity contribution in [3.8, 4) is 0 Å². The maximum absolute atomic E-state index is 11.9. The molecule has 5 atom stereocenters. The lowest BCUT2D eigenvalue weighted by Gasteiger charge is -2.40. The maximum Gasteiger partial charge on any atom is 0.394 e. The summed E-state index contributed by atoms with van der Waals surface area (Å²) in [5.41, 5.74) is 6.00. The molecule has 0 spiro atoms. The van der Waals surface area contributed by atoms with Crippen LogP contribution in [-0.4, -0.2) is 90.3 Å². The third-order valence-electron chi connectivity index (χ3n) is 3.38. The first-order valence-electron chi connectivity index (χ1n) is 7.95. The maximum atomic E-state index is 11.9. The minimum atomic E-state index is -4.67. The summed E-state index contributed by atoms with van der Waals surface area (Å²) in [7, 11) is -3.36. The number of methoxy groups -OCH3 is 1. The number of aliphatic hydroxyl groups excluding tert-OH is 2. The Morgan fingerprint density at radius 3 is 2.32 bits per heavy atom. The van der Waals surface area contributed by atoms with Gasteiger partial charge in [0.25, 0.3) is 0 Å². The van der Waals surface area contributed by atoms with Gasteiger partial charge in [0.1, 0.15) is 18.3 Å². The monoisotopic (exact) mass is 430 g/mol. The van der Waals surface area contributed by atoms with Crippen molar-refractivity contribution in [2.45, 2.75) is 44.2 Å². The van der Waals surface area contributed by atoms with Gasteiger partial charge in [0.15, 0.2) is 0 Å². The van der Waals surface area contributed by atoms with Gasteiger partial charge in [-0.15, -0.1) is 0 Å².